The van der Waals surface area contributed by atoms with Gasteiger partial charge in [0.2, 0.25) is 0 Å². The first kappa shape index (κ1) is 11.2. The van der Waals surface area contributed by atoms with Gasteiger partial charge in [-0.3, -0.25) is 4.79 Å². The number of Topliss-reactive ketones (excluding diaryl/α,β-unsaturated/α-hetero) is 1. The molecule has 0 radical (unpaired) electrons. The van der Waals surface area contributed by atoms with Gasteiger partial charge in [0.1, 0.15) is 0 Å². The van der Waals surface area contributed by atoms with Crippen LogP contribution in [0.1, 0.15) is 17.3 Å². The van der Waals surface area contributed by atoms with Crippen molar-refractivity contribution in [2.45, 2.75) is 12.5 Å². The molecule has 5 heteroatoms. The van der Waals surface area contributed by atoms with Crippen molar-refractivity contribution in [2.24, 2.45) is 5.73 Å². The fourth-order valence-electron chi connectivity index (χ4n) is 1.08. The lowest BCUT2D eigenvalue weighted by Gasteiger charge is -2.18. The zero-order chi connectivity index (χ0) is 11.6. The van der Waals surface area contributed by atoms with E-state index in [1.165, 1.54) is 12.1 Å². The third kappa shape index (κ3) is 1.97. The van der Waals surface area contributed by atoms with Crippen LogP contribution in [0.4, 0.5) is 5.69 Å². The molecular formula is C10H12N2O3. The molecule has 0 bridgehead atoms. The monoisotopic (exact) mass is 208 g/mol. The maximum atomic E-state index is 11.7. The number of para-hydroxylation sites is 1. The summed E-state index contributed by atoms with van der Waals surface area (Å²) < 4.78 is 0. The van der Waals surface area contributed by atoms with E-state index >= 15 is 0 Å². The second-order valence-corrected chi connectivity index (χ2v) is 3.42. The van der Waals surface area contributed by atoms with Crippen molar-refractivity contribution in [2.75, 3.05) is 5.73 Å². The number of nitrogens with two attached hydrogens (primary N) is 2. The van der Waals surface area contributed by atoms with E-state index in [1.54, 1.807) is 12.1 Å². The number of anilines is 1. The summed E-state index contributed by atoms with van der Waals surface area (Å²) in [4.78, 5) is 22.5. The smallest absolute Gasteiger partial charge is 0.331 e. The van der Waals surface area contributed by atoms with Crippen LogP contribution in [0.2, 0.25) is 0 Å². The molecule has 0 aliphatic carbocycles. The minimum Gasteiger partial charge on any atom is -0.480 e. The molecule has 0 unspecified atom stereocenters. The van der Waals surface area contributed by atoms with Crippen molar-refractivity contribution in [1.29, 1.82) is 0 Å². The molecule has 1 aromatic carbocycles. The number of aliphatic carboxylic acids is 1. The van der Waals surface area contributed by atoms with Crippen LogP contribution >= 0.6 is 0 Å². The van der Waals surface area contributed by atoms with Crippen molar-refractivity contribution in [3.05, 3.63) is 29.8 Å². The molecule has 1 rings (SSSR count). The minimum atomic E-state index is -1.95. The van der Waals surface area contributed by atoms with Gasteiger partial charge in [0.05, 0.1) is 0 Å². The van der Waals surface area contributed by atoms with Crippen LogP contribution in [0.25, 0.3) is 0 Å². The van der Waals surface area contributed by atoms with Gasteiger partial charge in [-0.2, -0.15) is 0 Å². The Hall–Kier alpha value is -1.88. The first-order chi connectivity index (χ1) is 6.87. The lowest BCUT2D eigenvalue weighted by Crippen LogP contribution is -2.52. The van der Waals surface area contributed by atoms with E-state index in [0.717, 1.165) is 6.92 Å². The zero-order valence-corrected chi connectivity index (χ0v) is 8.23. The molecule has 0 aliphatic heterocycles. The number of carbonyl (C=O) groups is 2. The number of hydrogen-bond donors (Lipinski definition) is 3. The number of ketones is 1. The van der Waals surface area contributed by atoms with Gasteiger partial charge >= 0.3 is 5.97 Å². The van der Waals surface area contributed by atoms with Crippen LogP contribution < -0.4 is 11.5 Å². The third-order valence-corrected chi connectivity index (χ3v) is 2.12. The quantitative estimate of drug-likeness (QED) is 0.375. The Bertz CT molecular complexity index is 413. The number of nitrogen functional groups attached to an aromatic ring is 1. The van der Waals surface area contributed by atoms with Gasteiger partial charge in [0.25, 0.3) is 0 Å². The topological polar surface area (TPSA) is 106 Å². The molecule has 0 amide bonds. The Labute approximate surface area is 86.7 Å². The normalized spacial score (nSPS) is 14.3. The largest absolute Gasteiger partial charge is 0.480 e. The van der Waals surface area contributed by atoms with Crippen LogP contribution in [0.3, 0.4) is 0 Å². The summed E-state index contributed by atoms with van der Waals surface area (Å²) in [6.45, 7) is 1.14. The molecule has 0 aromatic heterocycles. The lowest BCUT2D eigenvalue weighted by atomic mass is 9.91. The number of benzene rings is 1. The van der Waals surface area contributed by atoms with E-state index in [-0.39, 0.29) is 11.3 Å². The van der Waals surface area contributed by atoms with Crippen LogP contribution in [0.5, 0.6) is 0 Å². The summed E-state index contributed by atoms with van der Waals surface area (Å²) >= 11 is 0. The Morgan fingerprint density at radius 2 is 1.87 bits per heavy atom. The van der Waals surface area contributed by atoms with Gasteiger partial charge in [-0.25, -0.2) is 4.79 Å². The predicted molar refractivity (Wildman–Crippen MR) is 55.4 cm³/mol. The van der Waals surface area contributed by atoms with Crippen molar-refractivity contribution in [3.63, 3.8) is 0 Å². The standard InChI is InChI=1S/C10H12N2O3/c1-10(12,9(14)15)8(13)6-4-2-3-5-7(6)11/h2-5H,11-12H2,1H3,(H,14,15)/t10-/m1/s1. The van der Waals surface area contributed by atoms with Crippen LogP contribution in [0.15, 0.2) is 24.3 Å². The number of carboxylic acids is 1. The summed E-state index contributed by atoms with van der Waals surface area (Å²) in [5, 5.41) is 8.78. The Kier molecular flexibility index (Phi) is 2.76. The maximum absolute atomic E-state index is 11.7. The molecule has 5 nitrogen and oxygen atoms in total. The van der Waals surface area contributed by atoms with Crippen molar-refractivity contribution < 1.29 is 14.7 Å². The van der Waals surface area contributed by atoms with Crippen molar-refractivity contribution >= 4 is 17.4 Å². The van der Waals surface area contributed by atoms with Crippen LogP contribution in [0, 0.1) is 0 Å². The van der Waals surface area contributed by atoms with Crippen molar-refractivity contribution in [1.82, 2.24) is 0 Å². The Balaban J connectivity index is 3.16. The van der Waals surface area contributed by atoms with Gasteiger partial charge in [0, 0.05) is 11.3 Å². The molecule has 0 saturated heterocycles. The molecule has 80 valence electrons. The predicted octanol–water partition coefficient (Wildman–Crippen LogP) is 0.253. The molecule has 15 heavy (non-hydrogen) atoms. The van der Waals surface area contributed by atoms with Gasteiger partial charge in [-0.1, -0.05) is 12.1 Å². The fourth-order valence-corrected chi connectivity index (χ4v) is 1.08. The SMILES string of the molecule is C[C@](N)(C(=O)O)C(=O)c1ccccc1N. The molecule has 0 spiro atoms. The van der Waals surface area contributed by atoms with E-state index in [4.69, 9.17) is 16.6 Å². The zero-order valence-electron chi connectivity index (χ0n) is 8.23. The van der Waals surface area contributed by atoms with E-state index in [0.29, 0.717) is 0 Å². The number of carboxylic acid groups (broad SMARTS) is 1. The van der Waals surface area contributed by atoms with E-state index in [1.807, 2.05) is 0 Å². The first-order valence-corrected chi connectivity index (χ1v) is 4.29. The number of hydrogen-bond acceptors (Lipinski definition) is 4. The first-order valence-electron chi connectivity index (χ1n) is 4.29. The molecule has 5 N–H and O–H groups in total. The number of rotatable bonds is 3. The molecule has 1 atom stereocenters. The van der Waals surface area contributed by atoms with E-state index < -0.39 is 17.3 Å². The lowest BCUT2D eigenvalue weighted by molar-refractivity contribution is -0.140. The van der Waals surface area contributed by atoms with Crippen LogP contribution in [-0.2, 0) is 4.79 Å². The van der Waals surface area contributed by atoms with Crippen molar-refractivity contribution in [3.8, 4) is 0 Å². The summed E-state index contributed by atoms with van der Waals surface area (Å²) in [6, 6.07) is 6.22. The summed E-state index contributed by atoms with van der Waals surface area (Å²) in [7, 11) is 0. The summed E-state index contributed by atoms with van der Waals surface area (Å²) in [5.41, 5.74) is 9.35. The highest BCUT2D eigenvalue weighted by molar-refractivity contribution is 6.17. The van der Waals surface area contributed by atoms with Gasteiger partial charge in [0.15, 0.2) is 11.3 Å². The average molecular weight is 208 g/mol. The second kappa shape index (κ2) is 3.70. The molecule has 0 heterocycles. The Morgan fingerprint density at radius 3 is 2.33 bits per heavy atom. The third-order valence-electron chi connectivity index (χ3n) is 2.12. The van der Waals surface area contributed by atoms with Gasteiger partial charge in [-0.15, -0.1) is 0 Å². The highest BCUT2D eigenvalue weighted by Crippen LogP contribution is 2.17. The molecule has 1 aromatic rings. The van der Waals surface area contributed by atoms with Gasteiger partial charge < -0.3 is 16.6 Å². The highest BCUT2D eigenvalue weighted by Gasteiger charge is 2.38. The molecule has 0 fully saturated rings. The van der Waals surface area contributed by atoms with Crippen LogP contribution in [-0.4, -0.2) is 22.4 Å². The Morgan fingerprint density at radius 1 is 1.33 bits per heavy atom. The minimum absolute atomic E-state index is 0.130. The maximum Gasteiger partial charge on any atom is 0.331 e. The molecule has 0 saturated carbocycles. The molecule has 0 aliphatic rings. The second-order valence-electron chi connectivity index (χ2n) is 3.42. The highest BCUT2D eigenvalue weighted by atomic mass is 16.4. The fraction of sp³-hybridized carbons (Fsp3) is 0.200. The summed E-state index contributed by atoms with van der Waals surface area (Å²) in [5.74, 6) is -2.08. The molecular weight excluding hydrogens is 196 g/mol. The van der Waals surface area contributed by atoms with E-state index in [9.17, 15) is 9.59 Å². The number of carbonyl (C=O) groups excluding carboxylic acids is 1. The van der Waals surface area contributed by atoms with Gasteiger partial charge in [-0.05, 0) is 19.1 Å². The summed E-state index contributed by atoms with van der Waals surface area (Å²) in [6.07, 6.45) is 0. The average Bonchev–Trinajstić information content (AvgIpc) is 2.17. The van der Waals surface area contributed by atoms with E-state index in [2.05, 4.69) is 0 Å².